The second kappa shape index (κ2) is 9.00. The van der Waals surface area contributed by atoms with Gasteiger partial charge in [0.15, 0.2) is 11.5 Å². The number of fused-ring (bicyclic) bond motifs is 1. The number of rotatable bonds is 7. The van der Waals surface area contributed by atoms with Crippen LogP contribution < -0.4 is 14.8 Å². The van der Waals surface area contributed by atoms with Crippen LogP contribution in [0, 0.1) is 0 Å². The van der Waals surface area contributed by atoms with Gasteiger partial charge in [0.2, 0.25) is 0 Å². The molecule has 0 unspecified atom stereocenters. The molecular weight excluding hydrogens is 392 g/mol. The molecule has 31 heavy (non-hydrogen) atoms. The Morgan fingerprint density at radius 2 is 1.81 bits per heavy atom. The molecule has 0 bridgehead atoms. The molecule has 3 aromatic carbocycles. The first-order valence-electron chi connectivity index (χ1n) is 10.4. The van der Waals surface area contributed by atoms with Gasteiger partial charge in [0.25, 0.3) is 5.91 Å². The number of hydrogen-bond donors (Lipinski definition) is 2. The van der Waals surface area contributed by atoms with Crippen LogP contribution in [0.3, 0.4) is 0 Å². The molecule has 1 aliphatic heterocycles. The summed E-state index contributed by atoms with van der Waals surface area (Å²) in [5, 5.41) is 14.3. The third kappa shape index (κ3) is 4.14. The normalized spacial score (nSPS) is 15.2. The van der Waals surface area contributed by atoms with Crippen molar-refractivity contribution < 1.29 is 19.4 Å². The molecule has 1 amide bonds. The monoisotopic (exact) mass is 418 g/mol. The molecule has 1 aliphatic rings. The Hall–Kier alpha value is -3.67. The number of para-hydroxylation sites is 2. The molecule has 1 atom stereocenters. The van der Waals surface area contributed by atoms with Crippen LogP contribution in [-0.2, 0) is 6.42 Å². The van der Waals surface area contributed by atoms with Gasteiger partial charge in [-0.15, -0.1) is 0 Å². The molecule has 0 fully saturated rings. The summed E-state index contributed by atoms with van der Waals surface area (Å²) in [7, 11) is 1.64. The minimum atomic E-state index is -0.513. The molecule has 0 aromatic heterocycles. The van der Waals surface area contributed by atoms with Gasteiger partial charge in [0.05, 0.1) is 19.3 Å². The minimum Gasteiger partial charge on any atom is -0.504 e. The van der Waals surface area contributed by atoms with Crippen LogP contribution in [0.1, 0.15) is 34.6 Å². The topological polar surface area (TPSA) is 71.0 Å². The largest absolute Gasteiger partial charge is 0.504 e. The zero-order valence-corrected chi connectivity index (χ0v) is 17.7. The molecule has 2 N–H and O–H groups in total. The zero-order valence-electron chi connectivity index (χ0n) is 17.7. The van der Waals surface area contributed by atoms with Crippen molar-refractivity contribution in [3.63, 3.8) is 0 Å². The van der Waals surface area contributed by atoms with Crippen LogP contribution >= 0.6 is 0 Å². The molecule has 6 nitrogen and oxygen atoms in total. The number of phenols is 1. The lowest BCUT2D eigenvalue weighted by Crippen LogP contribution is -2.44. The zero-order chi connectivity index (χ0) is 21.8. The number of hydrogen-bond acceptors (Lipinski definition) is 5. The standard InChI is InChI=1S/C25H26N2O4/c1-3-31-22-10-6-8-20(23(22)28)24-26-21-9-5-4-7-19(21)25(29)27(24)16-15-17-11-13-18(30-2)14-12-17/h4-14,24,26,28H,3,15-16H2,1-2H3/t24-/m1/s1. The van der Waals surface area contributed by atoms with E-state index in [1.165, 1.54) is 0 Å². The summed E-state index contributed by atoms with van der Waals surface area (Å²) in [6.07, 6.45) is 0.156. The molecular formula is C25H26N2O4. The predicted octanol–water partition coefficient (Wildman–Crippen LogP) is 4.61. The SMILES string of the molecule is CCOc1cccc([C@@H]2Nc3ccccc3C(=O)N2CCc2ccc(OC)cc2)c1O. The summed E-state index contributed by atoms with van der Waals surface area (Å²) in [4.78, 5) is 15.2. The summed E-state index contributed by atoms with van der Waals surface area (Å²) >= 11 is 0. The second-order valence-corrected chi connectivity index (χ2v) is 7.32. The van der Waals surface area contributed by atoms with E-state index >= 15 is 0 Å². The van der Waals surface area contributed by atoms with Crippen molar-refractivity contribution in [2.75, 3.05) is 25.6 Å². The smallest absolute Gasteiger partial charge is 0.257 e. The fourth-order valence-corrected chi connectivity index (χ4v) is 3.84. The van der Waals surface area contributed by atoms with Gasteiger partial charge in [-0.1, -0.05) is 36.4 Å². The Morgan fingerprint density at radius 1 is 1.03 bits per heavy atom. The van der Waals surface area contributed by atoms with E-state index in [2.05, 4.69) is 5.32 Å². The van der Waals surface area contributed by atoms with Crippen molar-refractivity contribution in [3.8, 4) is 17.2 Å². The van der Waals surface area contributed by atoms with Crippen LogP contribution in [0.25, 0.3) is 0 Å². The molecule has 0 saturated carbocycles. The fraction of sp³-hybridized carbons (Fsp3) is 0.240. The molecule has 4 rings (SSSR count). The van der Waals surface area contributed by atoms with E-state index < -0.39 is 6.17 Å². The van der Waals surface area contributed by atoms with E-state index in [4.69, 9.17) is 9.47 Å². The van der Waals surface area contributed by atoms with Gasteiger partial charge in [0, 0.05) is 17.8 Å². The number of carbonyl (C=O) groups is 1. The summed E-state index contributed by atoms with van der Waals surface area (Å²) in [5.74, 6) is 1.17. The number of anilines is 1. The van der Waals surface area contributed by atoms with Crippen LogP contribution in [0.5, 0.6) is 17.2 Å². The maximum Gasteiger partial charge on any atom is 0.257 e. The Kier molecular flexibility index (Phi) is 5.98. The molecule has 0 spiro atoms. The number of methoxy groups -OCH3 is 1. The number of ether oxygens (including phenoxy) is 2. The maximum absolute atomic E-state index is 13.4. The number of benzene rings is 3. The van der Waals surface area contributed by atoms with E-state index in [1.807, 2.05) is 67.6 Å². The third-order valence-electron chi connectivity index (χ3n) is 5.45. The second-order valence-electron chi connectivity index (χ2n) is 7.32. The van der Waals surface area contributed by atoms with Gasteiger partial charge in [-0.05, 0) is 49.2 Å². The molecule has 0 radical (unpaired) electrons. The number of carbonyl (C=O) groups excluding carboxylic acids is 1. The van der Waals surface area contributed by atoms with Crippen molar-refractivity contribution in [1.82, 2.24) is 4.90 Å². The number of amides is 1. The number of nitrogens with one attached hydrogen (secondary N) is 1. The molecule has 6 heteroatoms. The van der Waals surface area contributed by atoms with E-state index in [0.717, 1.165) is 17.0 Å². The van der Waals surface area contributed by atoms with Gasteiger partial charge in [-0.3, -0.25) is 4.79 Å². The summed E-state index contributed by atoms with van der Waals surface area (Å²) in [6, 6.07) is 20.6. The number of phenolic OH excluding ortho intramolecular Hbond substituents is 1. The lowest BCUT2D eigenvalue weighted by molar-refractivity contribution is 0.0683. The highest BCUT2D eigenvalue weighted by molar-refractivity contribution is 6.01. The molecule has 1 heterocycles. The van der Waals surface area contributed by atoms with Crippen LogP contribution in [-0.4, -0.2) is 36.2 Å². The van der Waals surface area contributed by atoms with Crippen molar-refractivity contribution in [2.24, 2.45) is 0 Å². The lowest BCUT2D eigenvalue weighted by atomic mass is 10.0. The highest BCUT2D eigenvalue weighted by atomic mass is 16.5. The van der Waals surface area contributed by atoms with Crippen LogP contribution in [0.2, 0.25) is 0 Å². The minimum absolute atomic E-state index is 0.0449. The Balaban J connectivity index is 1.67. The summed E-state index contributed by atoms with van der Waals surface area (Å²) in [6.45, 7) is 2.79. The van der Waals surface area contributed by atoms with E-state index in [0.29, 0.717) is 36.4 Å². The van der Waals surface area contributed by atoms with Crippen molar-refractivity contribution in [2.45, 2.75) is 19.5 Å². The Bertz CT molecular complexity index is 1070. The molecule has 0 aliphatic carbocycles. The van der Waals surface area contributed by atoms with Gasteiger partial charge in [-0.25, -0.2) is 0 Å². The van der Waals surface area contributed by atoms with Gasteiger partial charge >= 0.3 is 0 Å². The van der Waals surface area contributed by atoms with Gasteiger partial charge < -0.3 is 24.8 Å². The average Bonchev–Trinajstić information content (AvgIpc) is 2.80. The first kappa shape index (κ1) is 20.6. The first-order valence-corrected chi connectivity index (χ1v) is 10.4. The quantitative estimate of drug-likeness (QED) is 0.586. The molecule has 0 saturated heterocycles. The van der Waals surface area contributed by atoms with Gasteiger partial charge in [0.1, 0.15) is 11.9 Å². The maximum atomic E-state index is 13.4. The Labute approximate surface area is 182 Å². The van der Waals surface area contributed by atoms with Crippen molar-refractivity contribution >= 4 is 11.6 Å². The summed E-state index contributed by atoms with van der Waals surface area (Å²) in [5.41, 5.74) is 3.07. The van der Waals surface area contributed by atoms with Crippen molar-refractivity contribution in [1.29, 1.82) is 0 Å². The highest BCUT2D eigenvalue weighted by Crippen LogP contribution is 2.40. The molecule has 3 aromatic rings. The third-order valence-corrected chi connectivity index (χ3v) is 5.45. The van der Waals surface area contributed by atoms with Gasteiger partial charge in [-0.2, -0.15) is 0 Å². The predicted molar refractivity (Wildman–Crippen MR) is 120 cm³/mol. The van der Waals surface area contributed by atoms with Crippen LogP contribution in [0.15, 0.2) is 66.7 Å². The van der Waals surface area contributed by atoms with Crippen molar-refractivity contribution in [3.05, 3.63) is 83.4 Å². The van der Waals surface area contributed by atoms with E-state index in [9.17, 15) is 9.90 Å². The van der Waals surface area contributed by atoms with E-state index in [-0.39, 0.29) is 11.7 Å². The number of nitrogens with zero attached hydrogens (tertiary/aromatic N) is 1. The lowest BCUT2D eigenvalue weighted by Gasteiger charge is -2.38. The average molecular weight is 418 g/mol. The first-order chi connectivity index (χ1) is 15.1. The number of aromatic hydroxyl groups is 1. The summed E-state index contributed by atoms with van der Waals surface area (Å²) < 4.78 is 10.8. The molecule has 160 valence electrons. The van der Waals surface area contributed by atoms with E-state index in [1.54, 1.807) is 18.1 Å². The van der Waals surface area contributed by atoms with Crippen LogP contribution in [0.4, 0.5) is 5.69 Å². The Morgan fingerprint density at radius 3 is 2.55 bits per heavy atom. The highest BCUT2D eigenvalue weighted by Gasteiger charge is 2.34. The fourth-order valence-electron chi connectivity index (χ4n) is 3.84.